The Morgan fingerprint density at radius 1 is 1.13 bits per heavy atom. The van der Waals surface area contributed by atoms with Crippen molar-refractivity contribution in [2.45, 2.75) is 13.0 Å². The third-order valence-corrected chi connectivity index (χ3v) is 5.51. The molecule has 0 aliphatic carbocycles. The van der Waals surface area contributed by atoms with E-state index in [0.29, 0.717) is 22.1 Å². The number of pyridine rings is 1. The minimum atomic E-state index is -0.0295. The topological polar surface area (TPSA) is 99.4 Å². The Kier molecular flexibility index (Phi) is 5.06. The molecule has 0 unspecified atom stereocenters. The number of aryl methyl sites for hydroxylation is 2. The Hall–Kier alpha value is -3.94. The van der Waals surface area contributed by atoms with Crippen LogP contribution in [0.1, 0.15) is 11.1 Å². The van der Waals surface area contributed by atoms with Gasteiger partial charge in [0.1, 0.15) is 17.7 Å². The number of hydrogen-bond donors (Lipinski definition) is 1. The van der Waals surface area contributed by atoms with Crippen molar-refractivity contribution in [1.29, 1.82) is 10.5 Å². The molecule has 0 saturated heterocycles. The van der Waals surface area contributed by atoms with Crippen molar-refractivity contribution < 1.29 is 36.3 Å². The highest BCUT2D eigenvalue weighted by Crippen LogP contribution is 2.42. The van der Waals surface area contributed by atoms with Crippen molar-refractivity contribution in [1.82, 2.24) is 0 Å². The largest absolute Gasteiger partial charge is 1.00 e. The van der Waals surface area contributed by atoms with Gasteiger partial charge in [-0.25, -0.2) is 0 Å². The molecule has 0 spiro atoms. The zero-order valence-corrected chi connectivity index (χ0v) is 17.2. The number of benzene rings is 2. The number of ether oxygens (including phenoxy) is 3. The molecule has 0 radical (unpaired) electrons. The summed E-state index contributed by atoms with van der Waals surface area (Å²) >= 11 is 0. The Labute approximate surface area is 184 Å². The molecule has 3 aromatic rings. The lowest BCUT2D eigenvalue weighted by Gasteiger charge is -2.17. The van der Waals surface area contributed by atoms with E-state index in [9.17, 15) is 15.6 Å². The first-order chi connectivity index (χ1) is 14.6. The molecule has 3 heterocycles. The summed E-state index contributed by atoms with van der Waals surface area (Å²) in [6.07, 6.45) is 4.20. The van der Waals surface area contributed by atoms with E-state index < -0.39 is 0 Å². The van der Waals surface area contributed by atoms with E-state index in [1.165, 1.54) is 13.2 Å². The van der Waals surface area contributed by atoms with Gasteiger partial charge in [0.15, 0.2) is 35.7 Å². The van der Waals surface area contributed by atoms with E-state index >= 15 is 0 Å². The summed E-state index contributed by atoms with van der Waals surface area (Å²) in [5.41, 5.74) is 3.73. The molecular formula is C23H16ClN3O4. The molecule has 0 bridgehead atoms. The summed E-state index contributed by atoms with van der Waals surface area (Å²) in [6.45, 7) is 0.949. The maximum atomic E-state index is 10.7. The molecule has 8 heteroatoms. The zero-order valence-electron chi connectivity index (χ0n) is 16.5. The van der Waals surface area contributed by atoms with Crippen molar-refractivity contribution in [3.8, 4) is 46.4 Å². The SMILES string of the molecule is COc1cc(C=C(C#N)C#N)c2cc3[n+](cc2c1O)CCc1cc2c(cc1-3)OCO2.[Cl-]. The van der Waals surface area contributed by atoms with E-state index in [1.54, 1.807) is 6.07 Å². The molecule has 0 atom stereocenters. The predicted molar refractivity (Wildman–Crippen MR) is 107 cm³/mol. The van der Waals surface area contributed by atoms with Gasteiger partial charge in [0.2, 0.25) is 12.5 Å². The fraction of sp³-hybridized carbons (Fsp3) is 0.174. The number of phenols is 1. The van der Waals surface area contributed by atoms with Gasteiger partial charge in [0, 0.05) is 17.9 Å². The second-order valence-corrected chi connectivity index (χ2v) is 7.09. The standard InChI is InChI=1S/C23H15N3O4.ClH/c1-28-22-6-15(4-13(9-24)10-25)16-7-19-17-8-21-20(29-12-30-21)5-14(17)2-3-26(19)11-18(16)23(22)27;/h4-8,11H,2-3,12H2,1H3;1H. The van der Waals surface area contributed by atoms with Gasteiger partial charge in [-0.05, 0) is 35.4 Å². The van der Waals surface area contributed by atoms with Crippen molar-refractivity contribution in [2.75, 3.05) is 13.9 Å². The first kappa shape index (κ1) is 20.3. The first-order valence-electron chi connectivity index (χ1n) is 9.35. The third-order valence-electron chi connectivity index (χ3n) is 5.51. The van der Waals surface area contributed by atoms with Crippen molar-refractivity contribution in [3.63, 3.8) is 0 Å². The number of rotatable bonds is 2. The summed E-state index contributed by atoms with van der Waals surface area (Å²) in [6, 6.07) is 11.4. The average Bonchev–Trinajstić information content (AvgIpc) is 3.23. The smallest absolute Gasteiger partial charge is 0.231 e. The average molecular weight is 434 g/mol. The number of fused-ring (bicyclic) bond motifs is 5. The fourth-order valence-electron chi connectivity index (χ4n) is 4.05. The van der Waals surface area contributed by atoms with Gasteiger partial charge in [-0.3, -0.25) is 0 Å². The maximum Gasteiger partial charge on any atom is 0.231 e. The molecule has 7 nitrogen and oxygen atoms in total. The maximum absolute atomic E-state index is 10.7. The summed E-state index contributed by atoms with van der Waals surface area (Å²) in [7, 11) is 1.47. The second-order valence-electron chi connectivity index (χ2n) is 7.09. The van der Waals surface area contributed by atoms with Crippen LogP contribution in [-0.4, -0.2) is 19.0 Å². The molecule has 1 aromatic heterocycles. The number of phenolic OH excluding ortho intramolecular Hbond substituents is 1. The molecule has 0 amide bonds. The second kappa shape index (κ2) is 7.71. The lowest BCUT2D eigenvalue weighted by Crippen LogP contribution is -3.00. The highest BCUT2D eigenvalue weighted by atomic mass is 35.5. The Morgan fingerprint density at radius 2 is 1.87 bits per heavy atom. The lowest BCUT2D eigenvalue weighted by molar-refractivity contribution is -0.686. The van der Waals surface area contributed by atoms with Crippen molar-refractivity contribution >= 4 is 16.8 Å². The van der Waals surface area contributed by atoms with Gasteiger partial charge in [-0.2, -0.15) is 15.1 Å². The molecular weight excluding hydrogens is 418 g/mol. The normalized spacial score (nSPS) is 12.6. The lowest BCUT2D eigenvalue weighted by atomic mass is 9.93. The minimum Gasteiger partial charge on any atom is -1.00 e. The summed E-state index contributed by atoms with van der Waals surface area (Å²) in [5, 5.41) is 30.4. The molecule has 31 heavy (non-hydrogen) atoms. The van der Waals surface area contributed by atoms with Crippen LogP contribution in [0.5, 0.6) is 23.0 Å². The zero-order chi connectivity index (χ0) is 20.8. The number of allylic oxidation sites excluding steroid dienone is 1. The van der Waals surface area contributed by atoms with E-state index in [-0.39, 0.29) is 36.3 Å². The number of aromatic hydroxyl groups is 1. The number of nitrogens with zero attached hydrogens (tertiary/aromatic N) is 3. The molecule has 2 aliphatic heterocycles. The third kappa shape index (κ3) is 3.16. The van der Waals surface area contributed by atoms with Gasteiger partial charge in [0.05, 0.1) is 18.1 Å². The monoisotopic (exact) mass is 433 g/mol. The summed E-state index contributed by atoms with van der Waals surface area (Å²) in [5.74, 6) is 1.76. The highest BCUT2D eigenvalue weighted by Gasteiger charge is 2.29. The van der Waals surface area contributed by atoms with E-state index in [1.807, 2.05) is 36.5 Å². The Bertz CT molecular complexity index is 1340. The van der Waals surface area contributed by atoms with E-state index in [0.717, 1.165) is 35.5 Å². The van der Waals surface area contributed by atoms with E-state index in [2.05, 4.69) is 4.57 Å². The highest BCUT2D eigenvalue weighted by molar-refractivity contribution is 5.98. The minimum absolute atomic E-state index is 0. The fourth-order valence-corrected chi connectivity index (χ4v) is 4.05. The van der Waals surface area contributed by atoms with Gasteiger partial charge in [0.25, 0.3) is 0 Å². The molecule has 5 rings (SSSR count). The Morgan fingerprint density at radius 3 is 2.58 bits per heavy atom. The van der Waals surface area contributed by atoms with Crippen LogP contribution in [0.3, 0.4) is 0 Å². The molecule has 1 N–H and O–H groups in total. The molecule has 154 valence electrons. The van der Waals surface area contributed by atoms with Gasteiger partial charge in [-0.15, -0.1) is 0 Å². The molecule has 0 saturated carbocycles. The van der Waals surface area contributed by atoms with Crippen LogP contribution in [0.4, 0.5) is 0 Å². The number of halogens is 1. The number of aromatic nitrogens is 1. The van der Waals surface area contributed by atoms with Gasteiger partial charge >= 0.3 is 0 Å². The molecule has 0 fully saturated rings. The van der Waals surface area contributed by atoms with Crippen LogP contribution in [0.15, 0.2) is 36.0 Å². The quantitative estimate of drug-likeness (QED) is 0.459. The number of nitriles is 2. The first-order valence-corrected chi connectivity index (χ1v) is 9.35. The van der Waals surface area contributed by atoms with Crippen LogP contribution in [0, 0.1) is 22.7 Å². The van der Waals surface area contributed by atoms with Crippen LogP contribution < -0.4 is 31.2 Å². The summed E-state index contributed by atoms with van der Waals surface area (Å²) < 4.78 is 18.4. The van der Waals surface area contributed by atoms with E-state index in [4.69, 9.17) is 14.2 Å². The van der Waals surface area contributed by atoms with Crippen molar-refractivity contribution in [3.05, 3.63) is 47.2 Å². The predicted octanol–water partition coefficient (Wildman–Crippen LogP) is 0.228. The van der Waals surface area contributed by atoms with Gasteiger partial charge in [-0.1, -0.05) is 0 Å². The van der Waals surface area contributed by atoms with Crippen molar-refractivity contribution in [2.24, 2.45) is 0 Å². The summed E-state index contributed by atoms with van der Waals surface area (Å²) in [4.78, 5) is 0. The number of methoxy groups -OCH3 is 1. The number of hydrogen-bond acceptors (Lipinski definition) is 6. The van der Waals surface area contributed by atoms with Crippen LogP contribution >= 0.6 is 0 Å². The molecule has 2 aromatic carbocycles. The Balaban J connectivity index is 0.00000231. The molecule has 2 aliphatic rings. The van der Waals surface area contributed by atoms with Gasteiger partial charge < -0.3 is 31.7 Å². The van der Waals surface area contributed by atoms with Crippen LogP contribution in [-0.2, 0) is 13.0 Å². The van der Waals surface area contributed by atoms with Crippen LogP contribution in [0.2, 0.25) is 0 Å². The van der Waals surface area contributed by atoms with Crippen LogP contribution in [0.25, 0.3) is 28.1 Å².